The lowest BCUT2D eigenvalue weighted by molar-refractivity contribution is 0.0852. The minimum Gasteiger partial charge on any atom is -0.376 e. The average molecular weight is 365 g/mol. The smallest absolute Gasteiger partial charge is 0.271 e. The van der Waals surface area contributed by atoms with E-state index in [0.29, 0.717) is 17.9 Å². The van der Waals surface area contributed by atoms with Crippen molar-refractivity contribution < 1.29 is 14.3 Å². The van der Waals surface area contributed by atoms with Crippen molar-refractivity contribution in [2.24, 2.45) is 5.73 Å². The molecule has 3 N–H and O–H groups in total. The van der Waals surface area contributed by atoms with E-state index >= 15 is 0 Å². The molecule has 1 aliphatic heterocycles. The van der Waals surface area contributed by atoms with E-state index in [1.807, 2.05) is 30.3 Å². The summed E-state index contributed by atoms with van der Waals surface area (Å²) in [6.07, 6.45) is 3.35. The monoisotopic (exact) mass is 365 g/mol. The number of primary amides is 1. The van der Waals surface area contributed by atoms with Gasteiger partial charge in [-0.1, -0.05) is 30.3 Å². The molecular formula is C19H19N5O3. The zero-order valence-electron chi connectivity index (χ0n) is 14.6. The van der Waals surface area contributed by atoms with Crippen molar-refractivity contribution in [3.05, 3.63) is 54.1 Å². The first kappa shape index (κ1) is 17.2. The molecule has 0 radical (unpaired) electrons. The topological polar surface area (TPSA) is 112 Å². The Morgan fingerprint density at radius 3 is 2.81 bits per heavy atom. The third-order valence-corrected chi connectivity index (χ3v) is 4.55. The predicted molar refractivity (Wildman–Crippen MR) is 98.2 cm³/mol. The Bertz CT molecular complexity index is 993. The number of hydrogen-bond donors (Lipinski definition) is 2. The minimum absolute atomic E-state index is 0.0287. The van der Waals surface area contributed by atoms with Crippen LogP contribution in [0.1, 0.15) is 33.8 Å². The zero-order valence-corrected chi connectivity index (χ0v) is 14.6. The summed E-state index contributed by atoms with van der Waals surface area (Å²) >= 11 is 0. The highest BCUT2D eigenvalue weighted by Gasteiger charge is 2.21. The van der Waals surface area contributed by atoms with E-state index in [4.69, 9.17) is 10.5 Å². The number of carbonyl (C=O) groups excluding carboxylic acids is 2. The maximum atomic E-state index is 12.8. The van der Waals surface area contributed by atoms with Gasteiger partial charge in [-0.25, -0.2) is 9.97 Å². The Labute approximate surface area is 155 Å². The summed E-state index contributed by atoms with van der Waals surface area (Å²) in [5, 5.41) is 2.89. The molecule has 4 rings (SSSR count). The van der Waals surface area contributed by atoms with Crippen LogP contribution in [-0.2, 0) is 4.74 Å². The second-order valence-corrected chi connectivity index (χ2v) is 6.39. The van der Waals surface area contributed by atoms with Crippen LogP contribution in [-0.4, -0.2) is 45.4 Å². The van der Waals surface area contributed by atoms with E-state index in [2.05, 4.69) is 15.3 Å². The van der Waals surface area contributed by atoms with Crippen molar-refractivity contribution in [1.82, 2.24) is 19.7 Å². The van der Waals surface area contributed by atoms with Gasteiger partial charge in [-0.3, -0.25) is 14.0 Å². The number of nitrogens with one attached hydrogen (secondary N) is 1. The normalized spacial score (nSPS) is 16.5. The van der Waals surface area contributed by atoms with Crippen molar-refractivity contribution in [3.8, 4) is 11.3 Å². The SMILES string of the molecule is NC(=O)c1ncn2c(C(=O)NC[C@H]3CCCO3)cc(-c3ccccc3)nc12. The standard InChI is InChI=1S/C19H19N5O3/c20-17(25)16-18-23-14(12-5-2-1-3-6-12)9-15(24(18)11-22-16)19(26)21-10-13-7-4-8-27-13/h1-3,5-6,9,11,13H,4,7-8,10H2,(H2,20,25)(H,21,26)/t13-/m1/s1. The second kappa shape index (κ2) is 7.16. The van der Waals surface area contributed by atoms with Gasteiger partial charge in [0, 0.05) is 18.7 Å². The van der Waals surface area contributed by atoms with Gasteiger partial charge < -0.3 is 15.8 Å². The van der Waals surface area contributed by atoms with Gasteiger partial charge in [-0.2, -0.15) is 0 Å². The van der Waals surface area contributed by atoms with Gasteiger partial charge in [0.05, 0.1) is 11.8 Å². The highest BCUT2D eigenvalue weighted by molar-refractivity contribution is 5.99. The van der Waals surface area contributed by atoms with Crippen LogP contribution in [0.3, 0.4) is 0 Å². The molecule has 2 amide bonds. The van der Waals surface area contributed by atoms with E-state index in [0.717, 1.165) is 25.0 Å². The average Bonchev–Trinajstić information content (AvgIpc) is 3.35. The minimum atomic E-state index is -0.694. The molecule has 0 aliphatic carbocycles. The molecule has 0 spiro atoms. The highest BCUT2D eigenvalue weighted by Crippen LogP contribution is 2.21. The number of benzene rings is 1. The third-order valence-electron chi connectivity index (χ3n) is 4.55. The summed E-state index contributed by atoms with van der Waals surface area (Å²) in [6, 6.07) is 11.1. The summed E-state index contributed by atoms with van der Waals surface area (Å²) in [6.45, 7) is 1.16. The van der Waals surface area contributed by atoms with Gasteiger partial charge in [0.25, 0.3) is 11.8 Å². The largest absolute Gasteiger partial charge is 0.376 e. The number of imidazole rings is 1. The molecular weight excluding hydrogens is 346 g/mol. The molecule has 3 aromatic rings. The summed E-state index contributed by atoms with van der Waals surface area (Å²) < 4.78 is 7.03. The van der Waals surface area contributed by atoms with Gasteiger partial charge in [-0.05, 0) is 18.9 Å². The van der Waals surface area contributed by atoms with Crippen LogP contribution < -0.4 is 11.1 Å². The molecule has 138 valence electrons. The number of nitrogens with two attached hydrogens (primary N) is 1. The van der Waals surface area contributed by atoms with Crippen molar-refractivity contribution in [2.75, 3.05) is 13.2 Å². The van der Waals surface area contributed by atoms with Crippen LogP contribution in [0.4, 0.5) is 0 Å². The maximum absolute atomic E-state index is 12.8. The van der Waals surface area contributed by atoms with Gasteiger partial charge >= 0.3 is 0 Å². The van der Waals surface area contributed by atoms with Gasteiger partial charge in [-0.15, -0.1) is 0 Å². The van der Waals surface area contributed by atoms with E-state index in [9.17, 15) is 9.59 Å². The Balaban J connectivity index is 1.75. The zero-order chi connectivity index (χ0) is 18.8. The number of ether oxygens (including phenoxy) is 1. The predicted octanol–water partition coefficient (Wildman–Crippen LogP) is 1.40. The number of amides is 2. The summed E-state index contributed by atoms with van der Waals surface area (Å²) in [5.74, 6) is -0.982. The highest BCUT2D eigenvalue weighted by atomic mass is 16.5. The number of carbonyl (C=O) groups is 2. The van der Waals surface area contributed by atoms with Gasteiger partial charge in [0.2, 0.25) is 0 Å². The Morgan fingerprint density at radius 2 is 2.11 bits per heavy atom. The van der Waals surface area contributed by atoms with E-state index < -0.39 is 5.91 Å². The first-order valence-corrected chi connectivity index (χ1v) is 8.76. The van der Waals surface area contributed by atoms with Crippen LogP contribution in [0.2, 0.25) is 0 Å². The lowest BCUT2D eigenvalue weighted by Crippen LogP contribution is -2.33. The van der Waals surface area contributed by atoms with Crippen molar-refractivity contribution in [3.63, 3.8) is 0 Å². The van der Waals surface area contributed by atoms with Crippen molar-refractivity contribution >= 4 is 17.5 Å². The van der Waals surface area contributed by atoms with Gasteiger partial charge in [0.1, 0.15) is 12.0 Å². The summed E-state index contributed by atoms with van der Waals surface area (Å²) in [4.78, 5) is 33.0. The molecule has 0 bridgehead atoms. The van der Waals surface area contributed by atoms with E-state index in [1.165, 1.54) is 10.7 Å². The van der Waals surface area contributed by atoms with Crippen LogP contribution >= 0.6 is 0 Å². The molecule has 1 atom stereocenters. The molecule has 8 heteroatoms. The third kappa shape index (κ3) is 3.39. The molecule has 1 aromatic carbocycles. The quantitative estimate of drug-likeness (QED) is 0.710. The lowest BCUT2D eigenvalue weighted by atomic mass is 10.1. The fourth-order valence-corrected chi connectivity index (χ4v) is 3.18. The number of fused-ring (bicyclic) bond motifs is 1. The van der Waals surface area contributed by atoms with Crippen LogP contribution in [0.5, 0.6) is 0 Å². The van der Waals surface area contributed by atoms with E-state index in [-0.39, 0.29) is 23.4 Å². The number of nitrogens with zero attached hydrogens (tertiary/aromatic N) is 3. The Hall–Kier alpha value is -3.26. The molecule has 3 heterocycles. The van der Waals surface area contributed by atoms with Crippen molar-refractivity contribution in [1.29, 1.82) is 0 Å². The van der Waals surface area contributed by atoms with Crippen LogP contribution in [0.15, 0.2) is 42.7 Å². The molecule has 2 aromatic heterocycles. The molecule has 1 saturated heterocycles. The second-order valence-electron chi connectivity index (χ2n) is 6.39. The van der Waals surface area contributed by atoms with E-state index in [1.54, 1.807) is 6.07 Å². The molecule has 1 aliphatic rings. The fraction of sp³-hybridized carbons (Fsp3) is 0.263. The van der Waals surface area contributed by atoms with Crippen LogP contribution in [0.25, 0.3) is 16.9 Å². The molecule has 27 heavy (non-hydrogen) atoms. The first-order chi connectivity index (χ1) is 13.1. The fourth-order valence-electron chi connectivity index (χ4n) is 3.18. The summed E-state index contributed by atoms with van der Waals surface area (Å²) in [5.41, 5.74) is 7.41. The molecule has 0 saturated carbocycles. The van der Waals surface area contributed by atoms with Gasteiger partial charge in [0.15, 0.2) is 11.3 Å². The Kier molecular flexibility index (Phi) is 4.55. The van der Waals surface area contributed by atoms with Crippen LogP contribution in [0, 0.1) is 0 Å². The first-order valence-electron chi connectivity index (χ1n) is 8.76. The molecule has 8 nitrogen and oxygen atoms in total. The number of rotatable bonds is 5. The number of hydrogen-bond acceptors (Lipinski definition) is 5. The van der Waals surface area contributed by atoms with Crippen molar-refractivity contribution in [2.45, 2.75) is 18.9 Å². The number of aromatic nitrogens is 3. The molecule has 0 unspecified atom stereocenters. The summed E-state index contributed by atoms with van der Waals surface area (Å²) in [7, 11) is 0. The maximum Gasteiger partial charge on any atom is 0.271 e. The Morgan fingerprint density at radius 1 is 1.30 bits per heavy atom. The lowest BCUT2D eigenvalue weighted by Gasteiger charge is -2.13. The molecule has 1 fully saturated rings.